The highest BCUT2D eigenvalue weighted by atomic mass is 35.5. The molecule has 0 saturated carbocycles. The van der Waals surface area contributed by atoms with E-state index >= 15 is 0 Å². The van der Waals surface area contributed by atoms with Crippen molar-refractivity contribution in [3.63, 3.8) is 0 Å². The van der Waals surface area contributed by atoms with Crippen molar-refractivity contribution < 1.29 is 4.79 Å². The summed E-state index contributed by atoms with van der Waals surface area (Å²) in [5, 5.41) is 7.22. The molecule has 0 radical (unpaired) electrons. The number of para-hydroxylation sites is 1. The van der Waals surface area contributed by atoms with E-state index in [4.69, 9.17) is 0 Å². The first-order chi connectivity index (χ1) is 13.3. The van der Waals surface area contributed by atoms with Crippen molar-refractivity contribution in [1.29, 1.82) is 0 Å². The van der Waals surface area contributed by atoms with Gasteiger partial charge in [0, 0.05) is 18.2 Å². The van der Waals surface area contributed by atoms with E-state index in [1.54, 1.807) is 0 Å². The van der Waals surface area contributed by atoms with Gasteiger partial charge < -0.3 is 15.5 Å². The van der Waals surface area contributed by atoms with Crippen LogP contribution < -0.4 is 10.6 Å². The number of nitrogens with zero attached hydrogens (tertiary/aromatic N) is 1. The van der Waals surface area contributed by atoms with Crippen LogP contribution in [-0.4, -0.2) is 29.9 Å². The molecule has 0 spiro atoms. The van der Waals surface area contributed by atoms with Crippen molar-refractivity contribution in [3.05, 3.63) is 65.7 Å². The van der Waals surface area contributed by atoms with Crippen molar-refractivity contribution in [2.24, 2.45) is 5.92 Å². The first-order valence-electron chi connectivity index (χ1n) is 10.3. The van der Waals surface area contributed by atoms with E-state index < -0.39 is 0 Å². The molecule has 0 aliphatic carbocycles. The van der Waals surface area contributed by atoms with Gasteiger partial charge in [-0.2, -0.15) is 0 Å². The fourth-order valence-corrected chi connectivity index (χ4v) is 5.23. The van der Waals surface area contributed by atoms with E-state index in [1.807, 2.05) is 0 Å². The molecule has 2 aromatic rings. The largest absolute Gasteiger partial charge is 0.378 e. The molecule has 2 saturated heterocycles. The third-order valence-corrected chi connectivity index (χ3v) is 6.51. The molecule has 3 heterocycles. The lowest BCUT2D eigenvalue weighted by Crippen LogP contribution is -2.49. The van der Waals surface area contributed by atoms with Crippen LogP contribution in [-0.2, 0) is 4.79 Å². The van der Waals surface area contributed by atoms with Gasteiger partial charge in [-0.25, -0.2) is 0 Å². The van der Waals surface area contributed by atoms with Gasteiger partial charge in [-0.15, -0.1) is 24.8 Å². The molecule has 29 heavy (non-hydrogen) atoms. The Morgan fingerprint density at radius 3 is 2.45 bits per heavy atom. The van der Waals surface area contributed by atoms with Crippen LogP contribution in [0, 0.1) is 5.92 Å². The fraction of sp³-hybridized carbons (Fsp3) is 0.435. The number of fused-ring (bicyclic) bond motifs is 3. The zero-order valence-corrected chi connectivity index (χ0v) is 18.1. The average molecular weight is 434 g/mol. The summed E-state index contributed by atoms with van der Waals surface area (Å²) in [6.45, 7) is 1.81. The van der Waals surface area contributed by atoms with Crippen LogP contribution in [0.4, 0.5) is 5.69 Å². The quantitative estimate of drug-likeness (QED) is 0.719. The number of hydrogen-bond donors (Lipinski definition) is 2. The summed E-state index contributed by atoms with van der Waals surface area (Å²) in [6, 6.07) is 19.6. The SMILES string of the molecule is Cl.Cl.O=C([C@H]1CCCCN1)N1CC[C@@H]2[C@H](c3ccccc3)Nc3ccccc3[C@@H]21. The van der Waals surface area contributed by atoms with E-state index in [-0.39, 0.29) is 42.9 Å². The van der Waals surface area contributed by atoms with Crippen LogP contribution >= 0.6 is 24.8 Å². The highest BCUT2D eigenvalue weighted by molar-refractivity contribution is 5.85. The second-order valence-electron chi connectivity index (χ2n) is 8.05. The number of amides is 1. The summed E-state index contributed by atoms with van der Waals surface area (Å²) in [5.41, 5.74) is 3.76. The lowest BCUT2D eigenvalue weighted by Gasteiger charge is -2.41. The number of hydrogen-bond acceptors (Lipinski definition) is 3. The van der Waals surface area contributed by atoms with Crippen LogP contribution in [0.3, 0.4) is 0 Å². The number of nitrogens with one attached hydrogen (secondary N) is 2. The Morgan fingerprint density at radius 2 is 1.69 bits per heavy atom. The molecule has 156 valence electrons. The zero-order chi connectivity index (χ0) is 18.2. The highest BCUT2D eigenvalue weighted by Gasteiger charge is 2.47. The number of piperidine rings is 1. The van der Waals surface area contributed by atoms with Gasteiger partial charge in [0.15, 0.2) is 0 Å². The predicted molar refractivity (Wildman–Crippen MR) is 122 cm³/mol. The highest BCUT2D eigenvalue weighted by Crippen LogP contribution is 2.51. The molecule has 6 heteroatoms. The molecule has 0 aromatic heterocycles. The van der Waals surface area contributed by atoms with E-state index in [0.29, 0.717) is 11.8 Å². The average Bonchev–Trinajstić information content (AvgIpc) is 3.19. The molecule has 2 N–H and O–H groups in total. The molecule has 4 nitrogen and oxygen atoms in total. The van der Waals surface area contributed by atoms with Gasteiger partial charge in [0.1, 0.15) is 0 Å². The van der Waals surface area contributed by atoms with Crippen LogP contribution in [0.15, 0.2) is 54.6 Å². The minimum absolute atomic E-state index is 0. The van der Waals surface area contributed by atoms with E-state index in [0.717, 1.165) is 32.4 Å². The topological polar surface area (TPSA) is 44.4 Å². The van der Waals surface area contributed by atoms with Crippen LogP contribution in [0.2, 0.25) is 0 Å². The Labute approximate surface area is 185 Å². The van der Waals surface area contributed by atoms with Gasteiger partial charge in [-0.1, -0.05) is 55.0 Å². The smallest absolute Gasteiger partial charge is 0.240 e. The van der Waals surface area contributed by atoms with Gasteiger partial charge in [0.05, 0.1) is 18.1 Å². The van der Waals surface area contributed by atoms with E-state index in [9.17, 15) is 4.79 Å². The molecular weight excluding hydrogens is 405 g/mol. The molecule has 4 atom stereocenters. The van der Waals surface area contributed by atoms with Gasteiger partial charge in [-0.3, -0.25) is 4.79 Å². The first kappa shape index (κ1) is 21.9. The third-order valence-electron chi connectivity index (χ3n) is 6.51. The number of carbonyl (C=O) groups is 1. The molecule has 3 aliphatic rings. The number of carbonyl (C=O) groups excluding carboxylic acids is 1. The van der Waals surface area contributed by atoms with Gasteiger partial charge in [0.2, 0.25) is 5.91 Å². The van der Waals surface area contributed by atoms with E-state index in [2.05, 4.69) is 70.1 Å². The van der Waals surface area contributed by atoms with Crippen LogP contribution in [0.25, 0.3) is 0 Å². The van der Waals surface area contributed by atoms with Crippen molar-refractivity contribution >= 4 is 36.4 Å². The summed E-state index contributed by atoms with van der Waals surface area (Å²) in [7, 11) is 0. The van der Waals surface area contributed by atoms with Crippen LogP contribution in [0.1, 0.15) is 48.9 Å². The Bertz CT molecular complexity index is 826. The normalized spacial score (nSPS) is 27.5. The number of likely N-dealkylation sites (tertiary alicyclic amines) is 1. The maximum atomic E-state index is 13.4. The lowest BCUT2D eigenvalue weighted by molar-refractivity contribution is -0.135. The monoisotopic (exact) mass is 433 g/mol. The van der Waals surface area contributed by atoms with Crippen LogP contribution in [0.5, 0.6) is 0 Å². The number of rotatable bonds is 2. The number of anilines is 1. The van der Waals surface area contributed by atoms with Crippen molar-refractivity contribution in [3.8, 4) is 0 Å². The molecular formula is C23H29Cl2N3O. The van der Waals surface area contributed by atoms with Crippen molar-refractivity contribution in [1.82, 2.24) is 10.2 Å². The van der Waals surface area contributed by atoms with Gasteiger partial charge in [0.25, 0.3) is 0 Å². The maximum absolute atomic E-state index is 13.4. The molecule has 5 rings (SSSR count). The first-order valence-corrected chi connectivity index (χ1v) is 10.3. The summed E-state index contributed by atoms with van der Waals surface area (Å²) >= 11 is 0. The third kappa shape index (κ3) is 3.98. The Balaban J connectivity index is 0.00000120. The predicted octanol–water partition coefficient (Wildman–Crippen LogP) is 4.73. The Hall–Kier alpha value is -1.75. The summed E-state index contributed by atoms with van der Waals surface area (Å²) in [5.74, 6) is 0.709. The molecule has 2 aromatic carbocycles. The molecule has 1 amide bonds. The standard InChI is InChI=1S/C23H27N3O.2ClH/c27-23(20-12-6-7-14-24-20)26-15-13-18-21(16-8-2-1-3-9-16)25-19-11-5-4-10-17(19)22(18)26;;/h1-5,8-11,18,20-22,24-25H,6-7,12-15H2;2*1H/t18-,20-,21+,22+;;/m1../s1. The summed E-state index contributed by atoms with van der Waals surface area (Å²) in [6.07, 6.45) is 4.34. The number of benzene rings is 2. The maximum Gasteiger partial charge on any atom is 0.240 e. The number of halogens is 2. The minimum Gasteiger partial charge on any atom is -0.378 e. The van der Waals surface area contributed by atoms with Crippen molar-refractivity contribution in [2.45, 2.75) is 43.8 Å². The zero-order valence-electron chi connectivity index (χ0n) is 16.4. The van der Waals surface area contributed by atoms with Gasteiger partial charge >= 0.3 is 0 Å². The molecule has 2 fully saturated rings. The second kappa shape index (κ2) is 9.38. The minimum atomic E-state index is -0.00489. The van der Waals surface area contributed by atoms with Gasteiger partial charge in [-0.05, 0) is 43.0 Å². The van der Waals surface area contributed by atoms with E-state index in [1.165, 1.54) is 23.2 Å². The van der Waals surface area contributed by atoms with Crippen molar-refractivity contribution in [2.75, 3.05) is 18.4 Å². The summed E-state index contributed by atoms with van der Waals surface area (Å²) in [4.78, 5) is 15.5. The Morgan fingerprint density at radius 1 is 0.931 bits per heavy atom. The second-order valence-corrected chi connectivity index (χ2v) is 8.05. The molecule has 0 unspecified atom stereocenters. The lowest BCUT2D eigenvalue weighted by atomic mass is 9.80. The fourth-order valence-electron chi connectivity index (χ4n) is 5.23. The molecule has 3 aliphatic heterocycles. The molecule has 0 bridgehead atoms. The Kier molecular flexibility index (Phi) is 7.10. The summed E-state index contributed by atoms with van der Waals surface area (Å²) < 4.78 is 0.